The van der Waals surface area contributed by atoms with Crippen LogP contribution in [0.25, 0.3) is 21.8 Å². The van der Waals surface area contributed by atoms with Crippen LogP contribution < -0.4 is 14.4 Å². The first-order valence-electron chi connectivity index (χ1n) is 13.6. The average Bonchev–Trinajstić information content (AvgIpc) is 3.65. The molecule has 0 saturated carbocycles. The number of nitrogens with one attached hydrogen (secondary N) is 1. The van der Waals surface area contributed by atoms with Crippen LogP contribution in [0.4, 0.5) is 10.2 Å². The van der Waals surface area contributed by atoms with Gasteiger partial charge >= 0.3 is 6.01 Å². The van der Waals surface area contributed by atoms with E-state index in [1.165, 1.54) is 18.3 Å². The molecule has 1 fully saturated rings. The van der Waals surface area contributed by atoms with E-state index < -0.39 is 5.82 Å². The summed E-state index contributed by atoms with van der Waals surface area (Å²) in [6.07, 6.45) is 4.37. The lowest BCUT2D eigenvalue weighted by atomic mass is 10.2. The fourth-order valence-electron chi connectivity index (χ4n) is 5.34. The summed E-state index contributed by atoms with van der Waals surface area (Å²) in [6, 6.07) is 4.92. The number of carbonyl (C=O) groups excluding carboxylic acids is 1. The van der Waals surface area contributed by atoms with Crippen LogP contribution in [-0.2, 0) is 17.9 Å². The van der Waals surface area contributed by atoms with Crippen molar-refractivity contribution in [3.63, 3.8) is 0 Å². The van der Waals surface area contributed by atoms with E-state index in [0.717, 1.165) is 25.3 Å². The number of hydrogen-bond acceptors (Lipinski definition) is 10. The van der Waals surface area contributed by atoms with Crippen molar-refractivity contribution in [1.29, 1.82) is 0 Å². The number of halogens is 2. The zero-order valence-electron chi connectivity index (χ0n) is 23.1. The fourth-order valence-corrected chi connectivity index (χ4v) is 5.53. The Labute approximate surface area is 249 Å². The van der Waals surface area contributed by atoms with Crippen LogP contribution in [0.2, 0.25) is 5.02 Å². The predicted octanol–water partition coefficient (Wildman–Crippen LogP) is 3.75. The van der Waals surface area contributed by atoms with Crippen molar-refractivity contribution >= 4 is 45.1 Å². The van der Waals surface area contributed by atoms with Gasteiger partial charge in [-0.1, -0.05) is 18.2 Å². The van der Waals surface area contributed by atoms with Crippen molar-refractivity contribution in [3.8, 4) is 23.5 Å². The third-order valence-electron chi connectivity index (χ3n) is 7.56. The van der Waals surface area contributed by atoms with E-state index in [1.807, 2.05) is 15.6 Å². The number of pyridine rings is 1. The number of aromatic amines is 1. The second-order valence-corrected chi connectivity index (χ2v) is 10.7. The summed E-state index contributed by atoms with van der Waals surface area (Å²) < 4.78 is 28.9. The van der Waals surface area contributed by atoms with Crippen LogP contribution in [0.5, 0.6) is 23.5 Å². The second kappa shape index (κ2) is 10.8. The van der Waals surface area contributed by atoms with Crippen LogP contribution >= 0.6 is 11.6 Å². The summed E-state index contributed by atoms with van der Waals surface area (Å²) in [4.78, 5) is 32.0. The Morgan fingerprint density at radius 1 is 1.12 bits per heavy atom. The smallest absolute Gasteiger partial charge is 0.326 e. The van der Waals surface area contributed by atoms with Crippen LogP contribution in [-0.4, -0.2) is 90.4 Å². The minimum absolute atomic E-state index is 0.0348. The molecule has 0 atom stereocenters. The maximum Gasteiger partial charge on any atom is 0.326 e. The van der Waals surface area contributed by atoms with E-state index >= 15 is 0 Å². The molecule has 1 amide bonds. The summed E-state index contributed by atoms with van der Waals surface area (Å²) in [7, 11) is 2.05. The number of nitrogens with zero attached hydrogens (tertiary/aromatic N) is 9. The standard InChI is InChI=1S/C28H26ClFN10O3/c1-3-22(41)38-7-9-39(10-8-38)26-17-4-5-31-27(43-25-18-14-32-35-20(18)13-19(30)23(25)29)24(17)33-28(34-26)42-21-12-16-15-37(2)6-11-40(16)36-21/h3-5,12-14H,1,6-11,15H2,2H3,(H,32,35). The second-order valence-electron chi connectivity index (χ2n) is 10.3. The molecule has 0 radical (unpaired) electrons. The fraction of sp³-hybridized carbons (Fsp3) is 0.286. The zero-order valence-corrected chi connectivity index (χ0v) is 23.9. The number of benzene rings is 1. The molecule has 0 bridgehead atoms. The summed E-state index contributed by atoms with van der Waals surface area (Å²) in [5.41, 5.74) is 1.76. The highest BCUT2D eigenvalue weighted by molar-refractivity contribution is 6.33. The van der Waals surface area contributed by atoms with Gasteiger partial charge in [-0.05, 0) is 19.2 Å². The molecule has 4 aromatic heterocycles. The SMILES string of the molecule is C=CC(=O)N1CCN(c2nc(Oc3cc4n(n3)CCN(C)C4)nc3c(Oc4c(Cl)c(F)cc5[nH]ncc45)nccc23)CC1. The third-order valence-corrected chi connectivity index (χ3v) is 7.91. The number of anilines is 1. The first kappa shape index (κ1) is 27.0. The van der Waals surface area contributed by atoms with Crippen molar-refractivity contribution in [2.75, 3.05) is 44.7 Å². The van der Waals surface area contributed by atoms with Gasteiger partial charge in [-0.2, -0.15) is 15.1 Å². The monoisotopic (exact) mass is 604 g/mol. The number of fused-ring (bicyclic) bond motifs is 3. The molecule has 220 valence electrons. The van der Waals surface area contributed by atoms with Gasteiger partial charge in [-0.15, -0.1) is 5.10 Å². The maximum atomic E-state index is 14.7. The molecule has 0 spiro atoms. The molecular formula is C28H26ClFN10O3. The van der Waals surface area contributed by atoms with Crippen molar-refractivity contribution in [2.45, 2.75) is 13.1 Å². The zero-order chi connectivity index (χ0) is 29.7. The summed E-state index contributed by atoms with van der Waals surface area (Å²) in [6.45, 7) is 7.96. The molecule has 1 saturated heterocycles. The molecule has 2 aliphatic heterocycles. The minimum atomic E-state index is -0.672. The number of carbonyl (C=O) groups is 1. The Bertz CT molecular complexity index is 1880. The molecular weight excluding hydrogens is 579 g/mol. The first-order valence-corrected chi connectivity index (χ1v) is 14.0. The van der Waals surface area contributed by atoms with Gasteiger partial charge in [0.1, 0.15) is 22.2 Å². The Morgan fingerprint density at radius 2 is 1.95 bits per heavy atom. The molecule has 1 N–H and O–H groups in total. The van der Waals surface area contributed by atoms with E-state index in [2.05, 4.69) is 43.8 Å². The minimum Gasteiger partial charge on any atom is -0.434 e. The molecule has 2 aliphatic rings. The van der Waals surface area contributed by atoms with Crippen molar-refractivity contribution < 1.29 is 18.7 Å². The van der Waals surface area contributed by atoms with Gasteiger partial charge in [0.05, 0.1) is 34.7 Å². The molecule has 0 aliphatic carbocycles. The van der Waals surface area contributed by atoms with E-state index in [0.29, 0.717) is 59.7 Å². The van der Waals surface area contributed by atoms with E-state index in [-0.39, 0.29) is 28.6 Å². The Morgan fingerprint density at radius 3 is 2.77 bits per heavy atom. The average molecular weight is 605 g/mol. The van der Waals surface area contributed by atoms with Gasteiger partial charge in [0.25, 0.3) is 0 Å². The molecule has 13 nitrogen and oxygen atoms in total. The first-order chi connectivity index (χ1) is 20.9. The van der Waals surface area contributed by atoms with Crippen LogP contribution in [0.3, 0.4) is 0 Å². The van der Waals surface area contributed by atoms with Crippen molar-refractivity contribution in [3.05, 3.63) is 59.8 Å². The quantitative estimate of drug-likeness (QED) is 0.286. The highest BCUT2D eigenvalue weighted by atomic mass is 35.5. The molecule has 1 aromatic carbocycles. The molecule has 5 aromatic rings. The number of hydrogen-bond donors (Lipinski definition) is 1. The van der Waals surface area contributed by atoms with Gasteiger partial charge in [0.2, 0.25) is 17.7 Å². The summed E-state index contributed by atoms with van der Waals surface area (Å²) in [5.74, 6) is 0.261. The number of rotatable bonds is 6. The highest BCUT2D eigenvalue weighted by Gasteiger charge is 2.26. The number of aromatic nitrogens is 7. The van der Waals surface area contributed by atoms with Crippen molar-refractivity contribution in [2.24, 2.45) is 0 Å². The highest BCUT2D eigenvalue weighted by Crippen LogP contribution is 2.40. The van der Waals surface area contributed by atoms with Gasteiger partial charge < -0.3 is 19.3 Å². The Balaban J connectivity index is 1.31. The Hall–Kier alpha value is -4.82. The number of H-pyrrole nitrogens is 1. The number of likely N-dealkylation sites (N-methyl/N-ethyl adjacent to an activating group) is 1. The normalized spacial score (nSPS) is 15.6. The van der Waals surface area contributed by atoms with Gasteiger partial charge in [0, 0.05) is 57.6 Å². The molecule has 0 unspecified atom stereocenters. The number of ether oxygens (including phenoxy) is 2. The molecule has 7 rings (SSSR count). The van der Waals surface area contributed by atoms with Gasteiger partial charge in [0.15, 0.2) is 5.75 Å². The van der Waals surface area contributed by atoms with Crippen LogP contribution in [0, 0.1) is 5.82 Å². The van der Waals surface area contributed by atoms with Crippen LogP contribution in [0.1, 0.15) is 5.69 Å². The van der Waals surface area contributed by atoms with E-state index in [4.69, 9.17) is 26.1 Å². The molecule has 6 heterocycles. The van der Waals surface area contributed by atoms with Gasteiger partial charge in [-0.3, -0.25) is 19.5 Å². The Kier molecular flexibility index (Phi) is 6.78. The third kappa shape index (κ3) is 4.97. The maximum absolute atomic E-state index is 14.7. The largest absolute Gasteiger partial charge is 0.434 e. The number of amides is 1. The lowest BCUT2D eigenvalue weighted by Gasteiger charge is -2.35. The predicted molar refractivity (Wildman–Crippen MR) is 156 cm³/mol. The van der Waals surface area contributed by atoms with Crippen LogP contribution in [0.15, 0.2) is 43.2 Å². The lowest BCUT2D eigenvalue weighted by molar-refractivity contribution is -0.126. The molecule has 43 heavy (non-hydrogen) atoms. The van der Waals surface area contributed by atoms with E-state index in [9.17, 15) is 9.18 Å². The lowest BCUT2D eigenvalue weighted by Crippen LogP contribution is -2.48. The topological polar surface area (TPSA) is 130 Å². The van der Waals surface area contributed by atoms with Crippen molar-refractivity contribution in [1.82, 2.24) is 44.7 Å². The van der Waals surface area contributed by atoms with Gasteiger partial charge in [-0.25, -0.2) is 9.37 Å². The summed E-state index contributed by atoms with van der Waals surface area (Å²) >= 11 is 6.34. The number of piperazine rings is 1. The molecule has 15 heteroatoms. The summed E-state index contributed by atoms with van der Waals surface area (Å²) in [5, 5.41) is 12.2. The van der Waals surface area contributed by atoms with E-state index in [1.54, 1.807) is 17.2 Å².